The summed E-state index contributed by atoms with van der Waals surface area (Å²) in [5.41, 5.74) is 2.83. The van der Waals surface area contributed by atoms with Gasteiger partial charge < -0.3 is 19.7 Å². The van der Waals surface area contributed by atoms with Gasteiger partial charge in [-0.25, -0.2) is 0 Å². The first kappa shape index (κ1) is 26.4. The van der Waals surface area contributed by atoms with E-state index < -0.39 is 0 Å². The van der Waals surface area contributed by atoms with E-state index in [9.17, 15) is 19.8 Å². The standard InChI is InChI=1S/C31H29NO6/c1-37-30-16-25(13-14-26(30)33)29(36)21-38-31-17-24(12-15-27(31)34)28(35)20-32(18-22-8-4-2-5-9-22)19-23-10-6-3-7-11-23/h2-17,33-34H,18-21H2,1H3. The molecule has 2 N–H and O–H groups in total. The van der Waals surface area contributed by atoms with Crippen LogP contribution in [0.3, 0.4) is 0 Å². The quantitative estimate of drug-likeness (QED) is 0.251. The van der Waals surface area contributed by atoms with Crippen molar-refractivity contribution in [3.05, 3.63) is 119 Å². The second-order valence-electron chi connectivity index (χ2n) is 8.82. The molecule has 4 rings (SSSR count). The number of nitrogens with zero attached hydrogens (tertiary/aromatic N) is 1. The molecule has 0 radical (unpaired) electrons. The third kappa shape index (κ3) is 6.99. The van der Waals surface area contributed by atoms with Gasteiger partial charge in [0.05, 0.1) is 13.7 Å². The minimum absolute atomic E-state index is 0.0348. The molecule has 7 nitrogen and oxygen atoms in total. The molecule has 0 fully saturated rings. The van der Waals surface area contributed by atoms with E-state index in [0.717, 1.165) is 11.1 Å². The maximum absolute atomic E-state index is 13.3. The number of carbonyl (C=O) groups excluding carboxylic acids is 2. The molecule has 0 saturated carbocycles. The Morgan fingerprint density at radius 1 is 0.684 bits per heavy atom. The zero-order valence-corrected chi connectivity index (χ0v) is 21.0. The van der Waals surface area contributed by atoms with Gasteiger partial charge in [0, 0.05) is 24.2 Å². The number of Topliss-reactive ketones (excluding diaryl/α,β-unsaturated/α-hetero) is 2. The number of ether oxygens (including phenoxy) is 2. The monoisotopic (exact) mass is 511 g/mol. The highest BCUT2D eigenvalue weighted by Gasteiger charge is 2.17. The Morgan fingerprint density at radius 2 is 1.18 bits per heavy atom. The van der Waals surface area contributed by atoms with Crippen LogP contribution in [0, 0.1) is 0 Å². The van der Waals surface area contributed by atoms with E-state index in [2.05, 4.69) is 4.90 Å². The first-order valence-electron chi connectivity index (χ1n) is 12.1. The van der Waals surface area contributed by atoms with E-state index in [1.807, 2.05) is 60.7 Å². The Morgan fingerprint density at radius 3 is 1.74 bits per heavy atom. The smallest absolute Gasteiger partial charge is 0.200 e. The summed E-state index contributed by atoms with van der Waals surface area (Å²) in [6.45, 7) is 0.967. The maximum Gasteiger partial charge on any atom is 0.200 e. The molecular weight excluding hydrogens is 482 g/mol. The predicted molar refractivity (Wildman–Crippen MR) is 144 cm³/mol. The van der Waals surface area contributed by atoms with E-state index in [0.29, 0.717) is 18.7 Å². The average molecular weight is 512 g/mol. The molecule has 0 aromatic heterocycles. The van der Waals surface area contributed by atoms with Crippen molar-refractivity contribution >= 4 is 11.6 Å². The van der Waals surface area contributed by atoms with Gasteiger partial charge >= 0.3 is 0 Å². The molecule has 0 saturated heterocycles. The summed E-state index contributed by atoms with van der Waals surface area (Å²) < 4.78 is 10.6. The zero-order chi connectivity index (χ0) is 26.9. The molecule has 0 atom stereocenters. The summed E-state index contributed by atoms with van der Waals surface area (Å²) >= 11 is 0. The molecule has 7 heteroatoms. The van der Waals surface area contributed by atoms with Gasteiger partial charge in [-0.2, -0.15) is 0 Å². The van der Waals surface area contributed by atoms with Crippen LogP contribution in [-0.4, -0.2) is 46.9 Å². The predicted octanol–water partition coefficient (Wildman–Crippen LogP) is 5.25. The highest BCUT2D eigenvalue weighted by molar-refractivity contribution is 5.99. The van der Waals surface area contributed by atoms with Crippen LogP contribution < -0.4 is 9.47 Å². The maximum atomic E-state index is 13.3. The molecule has 0 unspecified atom stereocenters. The minimum atomic E-state index is -0.378. The lowest BCUT2D eigenvalue weighted by Crippen LogP contribution is -2.29. The van der Waals surface area contributed by atoms with Gasteiger partial charge in [-0.1, -0.05) is 60.7 Å². The van der Waals surface area contributed by atoms with E-state index in [4.69, 9.17) is 9.47 Å². The van der Waals surface area contributed by atoms with E-state index in [1.165, 1.54) is 37.4 Å². The van der Waals surface area contributed by atoms with Gasteiger partial charge in [0.25, 0.3) is 0 Å². The van der Waals surface area contributed by atoms with Gasteiger partial charge in [-0.3, -0.25) is 14.5 Å². The zero-order valence-electron chi connectivity index (χ0n) is 21.0. The molecule has 38 heavy (non-hydrogen) atoms. The second-order valence-corrected chi connectivity index (χ2v) is 8.82. The van der Waals surface area contributed by atoms with Crippen LogP contribution in [0.5, 0.6) is 23.0 Å². The highest BCUT2D eigenvalue weighted by Crippen LogP contribution is 2.29. The van der Waals surface area contributed by atoms with Crippen molar-refractivity contribution in [1.29, 1.82) is 0 Å². The number of phenols is 2. The molecule has 0 spiro atoms. The van der Waals surface area contributed by atoms with Crippen LogP contribution in [0.15, 0.2) is 97.1 Å². The molecule has 0 aliphatic carbocycles. The number of carbonyl (C=O) groups is 2. The van der Waals surface area contributed by atoms with Crippen molar-refractivity contribution in [3.8, 4) is 23.0 Å². The second kappa shape index (κ2) is 12.6. The fraction of sp³-hybridized carbons (Fsp3) is 0.161. The summed E-state index contributed by atoms with van der Waals surface area (Å²) in [7, 11) is 1.39. The van der Waals surface area contributed by atoms with Crippen LogP contribution in [0.2, 0.25) is 0 Å². The van der Waals surface area contributed by atoms with E-state index in [-0.39, 0.29) is 53.3 Å². The van der Waals surface area contributed by atoms with E-state index in [1.54, 1.807) is 6.07 Å². The molecule has 0 aliphatic rings. The first-order valence-corrected chi connectivity index (χ1v) is 12.1. The van der Waals surface area contributed by atoms with Crippen LogP contribution in [0.4, 0.5) is 0 Å². The van der Waals surface area contributed by atoms with Gasteiger partial charge in [-0.15, -0.1) is 0 Å². The normalized spacial score (nSPS) is 10.8. The Kier molecular flexibility index (Phi) is 8.74. The third-order valence-electron chi connectivity index (χ3n) is 6.01. The SMILES string of the molecule is COc1cc(C(=O)COc2cc(C(=O)CN(Cc3ccccc3)Cc3ccccc3)ccc2O)ccc1O. The number of methoxy groups -OCH3 is 1. The number of ketones is 2. The Balaban J connectivity index is 1.46. The molecule has 4 aromatic carbocycles. The van der Waals surface area contributed by atoms with Crippen LogP contribution in [0.25, 0.3) is 0 Å². The number of aromatic hydroxyl groups is 2. The van der Waals surface area contributed by atoms with Crippen molar-refractivity contribution in [1.82, 2.24) is 4.90 Å². The Labute approximate surface area is 221 Å². The summed E-state index contributed by atoms with van der Waals surface area (Å²) in [5.74, 6) is -0.576. The van der Waals surface area contributed by atoms with Crippen LogP contribution in [0.1, 0.15) is 31.8 Å². The number of hydrogen-bond donors (Lipinski definition) is 2. The van der Waals surface area contributed by atoms with Crippen LogP contribution in [-0.2, 0) is 13.1 Å². The molecule has 0 bridgehead atoms. The van der Waals surface area contributed by atoms with Crippen molar-refractivity contribution in [2.75, 3.05) is 20.3 Å². The fourth-order valence-corrected chi connectivity index (χ4v) is 4.03. The van der Waals surface area contributed by atoms with E-state index >= 15 is 0 Å². The molecular formula is C31H29NO6. The number of phenolic OH excluding ortho intramolecular Hbond substituents is 2. The minimum Gasteiger partial charge on any atom is -0.504 e. The van der Waals surface area contributed by atoms with Crippen molar-refractivity contribution < 1.29 is 29.3 Å². The molecule has 0 amide bonds. The lowest BCUT2D eigenvalue weighted by molar-refractivity contribution is 0.0918. The first-order chi connectivity index (χ1) is 18.4. The van der Waals surface area contributed by atoms with Crippen LogP contribution >= 0.6 is 0 Å². The average Bonchev–Trinajstić information content (AvgIpc) is 2.93. The largest absolute Gasteiger partial charge is 0.504 e. The summed E-state index contributed by atoms with van der Waals surface area (Å²) in [5, 5.41) is 20.0. The number of hydrogen-bond acceptors (Lipinski definition) is 7. The van der Waals surface area contributed by atoms with Gasteiger partial charge in [-0.05, 0) is 47.5 Å². The number of rotatable bonds is 12. The lowest BCUT2D eigenvalue weighted by atomic mass is 10.1. The molecule has 0 heterocycles. The topological polar surface area (TPSA) is 96.3 Å². The number of benzene rings is 4. The lowest BCUT2D eigenvalue weighted by Gasteiger charge is -2.22. The van der Waals surface area contributed by atoms with Gasteiger partial charge in [0.15, 0.2) is 41.2 Å². The Bertz CT molecular complexity index is 1350. The van der Waals surface area contributed by atoms with Crippen molar-refractivity contribution in [3.63, 3.8) is 0 Å². The summed E-state index contributed by atoms with van der Waals surface area (Å²) in [6.07, 6.45) is 0. The molecule has 194 valence electrons. The summed E-state index contributed by atoms with van der Waals surface area (Å²) in [4.78, 5) is 27.9. The van der Waals surface area contributed by atoms with Crippen molar-refractivity contribution in [2.45, 2.75) is 13.1 Å². The molecule has 0 aliphatic heterocycles. The van der Waals surface area contributed by atoms with Gasteiger partial charge in [0.1, 0.15) is 0 Å². The van der Waals surface area contributed by atoms with Crippen molar-refractivity contribution in [2.24, 2.45) is 0 Å². The fourth-order valence-electron chi connectivity index (χ4n) is 4.03. The Hall–Kier alpha value is -4.62. The highest BCUT2D eigenvalue weighted by atomic mass is 16.5. The van der Waals surface area contributed by atoms with Gasteiger partial charge in [0.2, 0.25) is 0 Å². The third-order valence-corrected chi connectivity index (χ3v) is 6.01. The summed E-state index contributed by atoms with van der Waals surface area (Å²) in [6, 6.07) is 28.5. The molecule has 4 aromatic rings.